The third kappa shape index (κ3) is 1.13. The van der Waals surface area contributed by atoms with Crippen LogP contribution in [-0.2, 0) is 0 Å². The lowest BCUT2D eigenvalue weighted by atomic mass is 10.2. The van der Waals surface area contributed by atoms with Gasteiger partial charge in [-0.3, -0.25) is 0 Å². The van der Waals surface area contributed by atoms with E-state index in [0.29, 0.717) is 0 Å². The average Bonchev–Trinajstić information content (AvgIpc) is 2.31. The molecule has 0 radical (unpaired) electrons. The lowest BCUT2D eigenvalue weighted by molar-refractivity contribution is 1.47. The maximum atomic E-state index is 5.90. The highest BCUT2D eigenvalue weighted by Gasteiger charge is 2.03. The van der Waals surface area contributed by atoms with Crippen LogP contribution >= 0.6 is 22.9 Å². The van der Waals surface area contributed by atoms with Crippen molar-refractivity contribution < 1.29 is 0 Å². The Labute approximate surface area is 80.8 Å². The molecule has 0 atom stereocenters. The Morgan fingerprint density at radius 3 is 2.75 bits per heavy atom. The molecule has 0 spiro atoms. The van der Waals surface area contributed by atoms with Gasteiger partial charge in [-0.1, -0.05) is 11.6 Å². The summed E-state index contributed by atoms with van der Waals surface area (Å²) in [6, 6.07) is 6.07. The largest absolute Gasteiger partial charge is 0.140 e. The van der Waals surface area contributed by atoms with E-state index in [9.17, 15) is 0 Å². The highest BCUT2D eigenvalue weighted by Crippen LogP contribution is 2.31. The molecule has 0 aliphatic rings. The zero-order valence-corrected chi connectivity index (χ0v) is 8.59. The summed E-state index contributed by atoms with van der Waals surface area (Å²) >= 11 is 7.73. The van der Waals surface area contributed by atoms with Gasteiger partial charge in [0.05, 0.1) is 0 Å². The molecule has 62 valence electrons. The Balaban J connectivity index is 2.88. The molecule has 2 heteroatoms. The number of thiophene rings is 1. The third-order valence-corrected chi connectivity index (χ3v) is 3.56. The number of aryl methyl sites for hydroxylation is 2. The van der Waals surface area contributed by atoms with Crippen molar-refractivity contribution in [2.45, 2.75) is 13.8 Å². The molecule has 1 aromatic carbocycles. The molecule has 0 N–H and O–H groups in total. The molecule has 12 heavy (non-hydrogen) atoms. The summed E-state index contributed by atoms with van der Waals surface area (Å²) in [6.07, 6.45) is 0. The summed E-state index contributed by atoms with van der Waals surface area (Å²) in [4.78, 5) is 1.38. The molecule has 0 fully saturated rings. The van der Waals surface area contributed by atoms with Crippen molar-refractivity contribution in [2.75, 3.05) is 0 Å². The van der Waals surface area contributed by atoms with Gasteiger partial charge in [-0.25, -0.2) is 0 Å². The van der Waals surface area contributed by atoms with E-state index >= 15 is 0 Å². The van der Waals surface area contributed by atoms with Crippen LogP contribution in [0.2, 0.25) is 5.02 Å². The summed E-state index contributed by atoms with van der Waals surface area (Å²) in [5.74, 6) is 0. The van der Waals surface area contributed by atoms with Crippen LogP contribution in [0.25, 0.3) is 10.1 Å². The zero-order chi connectivity index (χ0) is 8.72. The van der Waals surface area contributed by atoms with E-state index in [0.717, 1.165) is 5.02 Å². The van der Waals surface area contributed by atoms with Gasteiger partial charge in [0.25, 0.3) is 0 Å². The number of rotatable bonds is 0. The first kappa shape index (κ1) is 8.09. The Kier molecular flexibility index (Phi) is 1.85. The van der Waals surface area contributed by atoms with Crippen molar-refractivity contribution >= 4 is 33.0 Å². The number of benzene rings is 1. The Bertz CT molecular complexity index is 429. The topological polar surface area (TPSA) is 0 Å². The molecule has 0 aliphatic heterocycles. The van der Waals surface area contributed by atoms with Crippen LogP contribution < -0.4 is 0 Å². The van der Waals surface area contributed by atoms with Gasteiger partial charge in [0.15, 0.2) is 0 Å². The summed E-state index contributed by atoms with van der Waals surface area (Å²) in [6.45, 7) is 4.29. The van der Waals surface area contributed by atoms with Crippen molar-refractivity contribution in [3.05, 3.63) is 33.7 Å². The average molecular weight is 197 g/mol. The molecule has 0 nitrogen and oxygen atoms in total. The van der Waals surface area contributed by atoms with Crippen molar-refractivity contribution in [2.24, 2.45) is 0 Å². The van der Waals surface area contributed by atoms with Gasteiger partial charge in [0, 0.05) is 14.6 Å². The fourth-order valence-electron chi connectivity index (χ4n) is 1.32. The summed E-state index contributed by atoms with van der Waals surface area (Å²) in [7, 11) is 0. The predicted octanol–water partition coefficient (Wildman–Crippen LogP) is 4.17. The minimum atomic E-state index is 0.823. The first-order valence-corrected chi connectivity index (χ1v) is 5.03. The fourth-order valence-corrected chi connectivity index (χ4v) is 2.54. The van der Waals surface area contributed by atoms with Gasteiger partial charge in [-0.05, 0) is 43.0 Å². The standard InChI is InChI=1S/C10H9ClS/c1-6-7(2)12-10-4-3-8(11)5-9(6)10/h3-5H,1-2H3. The van der Waals surface area contributed by atoms with Crippen LogP contribution in [0.3, 0.4) is 0 Å². The molecule has 2 aromatic rings. The molecular formula is C10H9ClS. The van der Waals surface area contributed by atoms with E-state index < -0.39 is 0 Å². The van der Waals surface area contributed by atoms with Crippen LogP contribution in [-0.4, -0.2) is 0 Å². The Morgan fingerprint density at radius 1 is 1.25 bits per heavy atom. The molecule has 0 unspecified atom stereocenters. The van der Waals surface area contributed by atoms with Crippen molar-refractivity contribution in [3.8, 4) is 0 Å². The van der Waals surface area contributed by atoms with Gasteiger partial charge >= 0.3 is 0 Å². The number of hydrogen-bond acceptors (Lipinski definition) is 1. The molecule has 0 saturated carbocycles. The summed E-state index contributed by atoms with van der Waals surface area (Å²) in [5, 5.41) is 2.12. The van der Waals surface area contributed by atoms with Crippen LogP contribution in [0.1, 0.15) is 10.4 Å². The first-order valence-electron chi connectivity index (χ1n) is 3.84. The van der Waals surface area contributed by atoms with E-state index in [1.165, 1.54) is 20.5 Å². The second-order valence-electron chi connectivity index (χ2n) is 2.92. The molecule has 0 amide bonds. The van der Waals surface area contributed by atoms with Crippen LogP contribution in [0.5, 0.6) is 0 Å². The Hall–Kier alpha value is -0.530. The maximum absolute atomic E-state index is 5.90. The highest BCUT2D eigenvalue weighted by atomic mass is 35.5. The lowest BCUT2D eigenvalue weighted by Gasteiger charge is -1.92. The smallest absolute Gasteiger partial charge is 0.0413 e. The molecule has 0 aliphatic carbocycles. The summed E-state index contributed by atoms with van der Waals surface area (Å²) in [5.41, 5.74) is 1.36. The van der Waals surface area contributed by atoms with Gasteiger partial charge < -0.3 is 0 Å². The molecule has 0 saturated heterocycles. The van der Waals surface area contributed by atoms with Crippen molar-refractivity contribution in [3.63, 3.8) is 0 Å². The normalized spacial score (nSPS) is 10.9. The Morgan fingerprint density at radius 2 is 2.00 bits per heavy atom. The summed E-state index contributed by atoms with van der Waals surface area (Å²) < 4.78 is 1.33. The predicted molar refractivity (Wildman–Crippen MR) is 56.3 cm³/mol. The minimum Gasteiger partial charge on any atom is -0.140 e. The van der Waals surface area contributed by atoms with E-state index in [2.05, 4.69) is 19.9 Å². The van der Waals surface area contributed by atoms with Crippen molar-refractivity contribution in [1.82, 2.24) is 0 Å². The second kappa shape index (κ2) is 2.75. The van der Waals surface area contributed by atoms with Crippen molar-refractivity contribution in [1.29, 1.82) is 0 Å². The fraction of sp³-hybridized carbons (Fsp3) is 0.200. The first-order chi connectivity index (χ1) is 5.68. The minimum absolute atomic E-state index is 0.823. The molecule has 1 heterocycles. The molecular weight excluding hydrogens is 188 g/mol. The van der Waals surface area contributed by atoms with Gasteiger partial charge in [0.1, 0.15) is 0 Å². The van der Waals surface area contributed by atoms with Gasteiger partial charge in [-0.15, -0.1) is 11.3 Å². The molecule has 2 rings (SSSR count). The number of hydrogen-bond donors (Lipinski definition) is 0. The van der Waals surface area contributed by atoms with Gasteiger partial charge in [-0.2, -0.15) is 0 Å². The van der Waals surface area contributed by atoms with E-state index in [1.54, 1.807) is 0 Å². The maximum Gasteiger partial charge on any atom is 0.0413 e. The second-order valence-corrected chi connectivity index (χ2v) is 4.62. The monoisotopic (exact) mass is 196 g/mol. The lowest BCUT2D eigenvalue weighted by Crippen LogP contribution is -1.70. The van der Waals surface area contributed by atoms with Crippen LogP contribution in [0.15, 0.2) is 18.2 Å². The quantitative estimate of drug-likeness (QED) is 0.593. The zero-order valence-electron chi connectivity index (χ0n) is 7.02. The number of halogens is 1. The highest BCUT2D eigenvalue weighted by molar-refractivity contribution is 7.19. The van der Waals surface area contributed by atoms with E-state index in [1.807, 2.05) is 23.5 Å². The third-order valence-electron chi connectivity index (χ3n) is 2.14. The van der Waals surface area contributed by atoms with E-state index in [4.69, 9.17) is 11.6 Å². The molecule has 0 bridgehead atoms. The van der Waals surface area contributed by atoms with Crippen LogP contribution in [0.4, 0.5) is 0 Å². The SMILES string of the molecule is Cc1sc2ccc(Cl)cc2c1C. The van der Waals surface area contributed by atoms with Gasteiger partial charge in [0.2, 0.25) is 0 Å². The van der Waals surface area contributed by atoms with Crippen LogP contribution in [0, 0.1) is 13.8 Å². The van der Waals surface area contributed by atoms with E-state index in [-0.39, 0.29) is 0 Å². The number of fused-ring (bicyclic) bond motifs is 1. The molecule has 1 aromatic heterocycles.